The SMILES string of the molecule is C=C(Cl)Cn1ccc(C(O)C(C)C)c1. The van der Waals surface area contributed by atoms with Crippen LogP contribution in [0.2, 0.25) is 0 Å². The minimum Gasteiger partial charge on any atom is -0.388 e. The molecule has 0 aliphatic heterocycles. The molecule has 1 heterocycles. The topological polar surface area (TPSA) is 25.2 Å². The van der Waals surface area contributed by atoms with Crippen LogP contribution in [0.15, 0.2) is 30.1 Å². The standard InChI is InChI=1S/C11H16ClNO/c1-8(2)11(14)10-4-5-13(7-10)6-9(3)12/h4-5,7-8,11,14H,3,6H2,1-2H3. The summed E-state index contributed by atoms with van der Waals surface area (Å²) in [6.07, 6.45) is 3.40. The molecule has 0 saturated heterocycles. The minimum atomic E-state index is -0.403. The Hall–Kier alpha value is -0.730. The molecule has 1 aromatic rings. The van der Waals surface area contributed by atoms with Crippen LogP contribution in [0.3, 0.4) is 0 Å². The van der Waals surface area contributed by atoms with Gasteiger partial charge in [0.1, 0.15) is 0 Å². The van der Waals surface area contributed by atoms with Gasteiger partial charge in [-0.2, -0.15) is 0 Å². The summed E-state index contributed by atoms with van der Waals surface area (Å²) >= 11 is 5.69. The maximum absolute atomic E-state index is 9.78. The Bertz CT molecular complexity index is 317. The molecular weight excluding hydrogens is 198 g/mol. The summed E-state index contributed by atoms with van der Waals surface area (Å²) < 4.78 is 1.91. The maximum atomic E-state index is 9.78. The highest BCUT2D eigenvalue weighted by molar-refractivity contribution is 6.29. The van der Waals surface area contributed by atoms with E-state index in [4.69, 9.17) is 11.6 Å². The Morgan fingerprint density at radius 1 is 1.64 bits per heavy atom. The van der Waals surface area contributed by atoms with Crippen molar-refractivity contribution in [2.24, 2.45) is 5.92 Å². The Kier molecular flexibility index (Phi) is 3.78. The van der Waals surface area contributed by atoms with Gasteiger partial charge in [-0.25, -0.2) is 0 Å². The van der Waals surface area contributed by atoms with E-state index in [0.29, 0.717) is 11.6 Å². The molecule has 14 heavy (non-hydrogen) atoms. The van der Waals surface area contributed by atoms with Crippen molar-refractivity contribution in [2.45, 2.75) is 26.5 Å². The van der Waals surface area contributed by atoms with Crippen molar-refractivity contribution in [1.82, 2.24) is 4.57 Å². The molecule has 1 N–H and O–H groups in total. The third-order valence-electron chi connectivity index (χ3n) is 2.10. The molecule has 0 aliphatic carbocycles. The third kappa shape index (κ3) is 2.89. The molecule has 3 heteroatoms. The lowest BCUT2D eigenvalue weighted by Crippen LogP contribution is -2.04. The fourth-order valence-electron chi connectivity index (χ4n) is 1.32. The second kappa shape index (κ2) is 4.67. The van der Waals surface area contributed by atoms with Gasteiger partial charge in [0.05, 0.1) is 12.6 Å². The first-order valence-electron chi connectivity index (χ1n) is 4.67. The first kappa shape index (κ1) is 11.3. The van der Waals surface area contributed by atoms with Crippen molar-refractivity contribution < 1.29 is 5.11 Å². The third-order valence-corrected chi connectivity index (χ3v) is 2.22. The first-order valence-corrected chi connectivity index (χ1v) is 5.05. The summed E-state index contributed by atoms with van der Waals surface area (Å²) in [4.78, 5) is 0. The Labute approximate surface area is 89.8 Å². The van der Waals surface area contributed by atoms with E-state index in [1.165, 1.54) is 0 Å². The van der Waals surface area contributed by atoms with E-state index in [1.807, 2.05) is 36.9 Å². The molecule has 0 fully saturated rings. The largest absolute Gasteiger partial charge is 0.388 e. The molecule has 2 nitrogen and oxygen atoms in total. The zero-order valence-electron chi connectivity index (χ0n) is 8.57. The fourth-order valence-corrected chi connectivity index (χ4v) is 1.45. The normalized spacial score (nSPS) is 13.2. The summed E-state index contributed by atoms with van der Waals surface area (Å²) in [5.41, 5.74) is 0.929. The number of halogens is 1. The van der Waals surface area contributed by atoms with Gasteiger partial charge in [-0.15, -0.1) is 0 Å². The number of aliphatic hydroxyl groups is 1. The van der Waals surface area contributed by atoms with Gasteiger partial charge in [0.15, 0.2) is 0 Å². The molecule has 0 amide bonds. The van der Waals surface area contributed by atoms with Gasteiger partial charge in [-0.1, -0.05) is 32.0 Å². The van der Waals surface area contributed by atoms with Crippen LogP contribution in [-0.2, 0) is 6.54 Å². The summed E-state index contributed by atoms with van der Waals surface area (Å²) in [6, 6.07) is 1.91. The van der Waals surface area contributed by atoms with Crippen LogP contribution < -0.4 is 0 Å². The second-order valence-electron chi connectivity index (χ2n) is 3.82. The van der Waals surface area contributed by atoms with Crippen molar-refractivity contribution in [1.29, 1.82) is 0 Å². The van der Waals surface area contributed by atoms with E-state index >= 15 is 0 Å². The van der Waals surface area contributed by atoms with Crippen molar-refractivity contribution >= 4 is 11.6 Å². The molecule has 1 rings (SSSR count). The molecule has 78 valence electrons. The smallest absolute Gasteiger partial charge is 0.0827 e. The van der Waals surface area contributed by atoms with Gasteiger partial charge in [0, 0.05) is 17.4 Å². The molecule has 1 aromatic heterocycles. The lowest BCUT2D eigenvalue weighted by atomic mass is 10.0. The molecule has 0 spiro atoms. The van der Waals surface area contributed by atoms with Crippen LogP contribution in [0.1, 0.15) is 25.5 Å². The van der Waals surface area contributed by atoms with Crippen molar-refractivity contribution in [2.75, 3.05) is 0 Å². The first-order chi connectivity index (χ1) is 6.50. The highest BCUT2D eigenvalue weighted by atomic mass is 35.5. The average molecular weight is 214 g/mol. The van der Waals surface area contributed by atoms with E-state index in [-0.39, 0.29) is 5.92 Å². The Morgan fingerprint density at radius 3 is 2.79 bits per heavy atom. The van der Waals surface area contributed by atoms with E-state index in [9.17, 15) is 5.11 Å². The summed E-state index contributed by atoms with van der Waals surface area (Å²) in [7, 11) is 0. The van der Waals surface area contributed by atoms with Gasteiger partial charge in [0.2, 0.25) is 0 Å². The van der Waals surface area contributed by atoms with Crippen LogP contribution in [0, 0.1) is 5.92 Å². The highest BCUT2D eigenvalue weighted by Crippen LogP contribution is 2.21. The molecule has 0 aromatic carbocycles. The molecule has 0 saturated carbocycles. The average Bonchev–Trinajstić information content (AvgIpc) is 2.50. The number of aromatic nitrogens is 1. The van der Waals surface area contributed by atoms with E-state index in [2.05, 4.69) is 6.58 Å². The molecule has 0 radical (unpaired) electrons. The monoisotopic (exact) mass is 213 g/mol. The summed E-state index contributed by atoms with van der Waals surface area (Å²) in [6.45, 7) is 8.19. The predicted molar refractivity (Wildman–Crippen MR) is 59.2 cm³/mol. The predicted octanol–water partition coefficient (Wildman–Crippen LogP) is 2.93. The van der Waals surface area contributed by atoms with Crippen LogP contribution in [0.25, 0.3) is 0 Å². The number of allylic oxidation sites excluding steroid dienone is 1. The van der Waals surface area contributed by atoms with Crippen molar-refractivity contribution in [3.05, 3.63) is 35.6 Å². The van der Waals surface area contributed by atoms with Gasteiger partial charge < -0.3 is 9.67 Å². The number of rotatable bonds is 4. The van der Waals surface area contributed by atoms with Crippen molar-refractivity contribution in [3.63, 3.8) is 0 Å². The van der Waals surface area contributed by atoms with E-state index < -0.39 is 6.10 Å². The second-order valence-corrected chi connectivity index (χ2v) is 4.36. The van der Waals surface area contributed by atoms with E-state index in [1.54, 1.807) is 0 Å². The van der Waals surface area contributed by atoms with Crippen LogP contribution in [-0.4, -0.2) is 9.67 Å². The maximum Gasteiger partial charge on any atom is 0.0827 e. The lowest BCUT2D eigenvalue weighted by molar-refractivity contribution is 0.127. The van der Waals surface area contributed by atoms with Gasteiger partial charge in [0.25, 0.3) is 0 Å². The molecular formula is C11H16ClNO. The fraction of sp³-hybridized carbons (Fsp3) is 0.455. The molecule has 0 bridgehead atoms. The van der Waals surface area contributed by atoms with Crippen LogP contribution in [0.4, 0.5) is 0 Å². The zero-order valence-corrected chi connectivity index (χ0v) is 9.33. The van der Waals surface area contributed by atoms with Crippen LogP contribution in [0.5, 0.6) is 0 Å². The highest BCUT2D eigenvalue weighted by Gasteiger charge is 2.12. The Balaban J connectivity index is 2.72. The summed E-state index contributed by atoms with van der Waals surface area (Å²) in [5.74, 6) is 0.227. The van der Waals surface area contributed by atoms with Gasteiger partial charge in [-0.05, 0) is 17.5 Å². The molecule has 0 aliphatic rings. The van der Waals surface area contributed by atoms with Crippen molar-refractivity contribution in [3.8, 4) is 0 Å². The Morgan fingerprint density at radius 2 is 2.29 bits per heavy atom. The number of aliphatic hydroxyl groups excluding tert-OH is 1. The van der Waals surface area contributed by atoms with E-state index in [0.717, 1.165) is 5.56 Å². The zero-order chi connectivity index (χ0) is 10.7. The number of hydrogen-bond donors (Lipinski definition) is 1. The van der Waals surface area contributed by atoms with Crippen LogP contribution >= 0.6 is 11.6 Å². The molecule has 1 atom stereocenters. The van der Waals surface area contributed by atoms with Gasteiger partial charge in [-0.3, -0.25) is 0 Å². The number of hydrogen-bond acceptors (Lipinski definition) is 1. The quantitative estimate of drug-likeness (QED) is 0.818. The lowest BCUT2D eigenvalue weighted by Gasteiger charge is -2.12. The number of nitrogens with zero attached hydrogens (tertiary/aromatic N) is 1. The summed E-state index contributed by atoms with van der Waals surface area (Å²) in [5, 5.41) is 10.4. The minimum absolute atomic E-state index is 0.227. The van der Waals surface area contributed by atoms with Gasteiger partial charge >= 0.3 is 0 Å². The molecule has 1 unspecified atom stereocenters.